The molecule has 0 saturated heterocycles. The number of benzene rings is 1. The molecule has 23 heavy (non-hydrogen) atoms. The van der Waals surface area contributed by atoms with E-state index in [1.54, 1.807) is 17.1 Å². The summed E-state index contributed by atoms with van der Waals surface area (Å²) in [4.78, 5) is 0. The van der Waals surface area contributed by atoms with E-state index in [2.05, 4.69) is 24.3 Å². The maximum atomic E-state index is 13.0. The van der Waals surface area contributed by atoms with E-state index in [-0.39, 0.29) is 17.2 Å². The molecule has 4 atom stereocenters. The molecule has 3 aliphatic rings. The zero-order valence-electron chi connectivity index (χ0n) is 13.4. The molecule has 4 rings (SSSR count). The number of fused-ring (bicyclic) bond motifs is 3. The minimum Gasteiger partial charge on any atom is -0.368 e. The molecule has 0 amide bonds. The summed E-state index contributed by atoms with van der Waals surface area (Å²) in [6.07, 6.45) is 0.682. The molecule has 0 bridgehead atoms. The molecule has 1 heterocycles. The molecule has 2 saturated carbocycles. The van der Waals surface area contributed by atoms with Gasteiger partial charge in [-0.25, -0.2) is 9.40 Å². The molecule has 2 aliphatic carbocycles. The monoisotopic (exact) mass is 333 g/mol. The number of rotatable bonds is 1. The summed E-state index contributed by atoms with van der Waals surface area (Å²) in [5.41, 5.74) is 0.864. The highest BCUT2D eigenvalue weighted by molar-refractivity contribution is 7.80. The number of hydrazone groups is 1. The van der Waals surface area contributed by atoms with Gasteiger partial charge in [0.05, 0.1) is 5.92 Å². The minimum atomic E-state index is -1.03. The van der Waals surface area contributed by atoms with Crippen LogP contribution < -0.4 is 5.32 Å². The Morgan fingerprint density at radius 2 is 2.04 bits per heavy atom. The molecule has 0 spiro atoms. The number of nitrogens with zero attached hydrogens (tertiary/aromatic N) is 2. The fourth-order valence-electron chi connectivity index (χ4n) is 4.63. The molecule has 2 N–H and O–H groups in total. The van der Waals surface area contributed by atoms with Gasteiger partial charge in [-0.1, -0.05) is 13.8 Å². The fourth-order valence-corrected chi connectivity index (χ4v) is 4.94. The zero-order chi connectivity index (χ0) is 16.6. The van der Waals surface area contributed by atoms with Crippen LogP contribution in [0.5, 0.6) is 0 Å². The molecule has 2 fully saturated rings. The van der Waals surface area contributed by atoms with Crippen molar-refractivity contribution in [2.75, 3.05) is 5.32 Å². The number of anilines is 1. The normalized spacial score (nSPS) is 36.3. The molecular formula is C17H20FN3OS. The Labute approximate surface area is 140 Å². The van der Waals surface area contributed by atoms with Crippen LogP contribution in [0, 0.1) is 29.0 Å². The Balaban J connectivity index is 1.56. The fraction of sp³-hybridized carbons (Fsp3) is 0.529. The van der Waals surface area contributed by atoms with E-state index in [0.717, 1.165) is 5.71 Å². The summed E-state index contributed by atoms with van der Waals surface area (Å²) in [5.74, 6) is 0.720. The van der Waals surface area contributed by atoms with Gasteiger partial charge >= 0.3 is 0 Å². The maximum absolute atomic E-state index is 13.0. The maximum Gasteiger partial charge on any atom is 0.196 e. The summed E-state index contributed by atoms with van der Waals surface area (Å²) < 4.78 is 13.0. The second-order valence-electron chi connectivity index (χ2n) is 7.50. The SMILES string of the molecule is CC1=NN(C(=S)Nc2ccc(F)cc2)C2(O)CC3C(C12)C3(C)C. The van der Waals surface area contributed by atoms with Crippen molar-refractivity contribution in [2.24, 2.45) is 28.3 Å². The molecule has 6 heteroatoms. The van der Waals surface area contributed by atoms with Crippen LogP contribution in [0.15, 0.2) is 29.4 Å². The van der Waals surface area contributed by atoms with E-state index in [0.29, 0.717) is 29.1 Å². The third kappa shape index (κ3) is 1.97. The van der Waals surface area contributed by atoms with Crippen molar-refractivity contribution in [3.05, 3.63) is 30.1 Å². The quantitative estimate of drug-likeness (QED) is 0.775. The molecule has 4 unspecified atom stereocenters. The van der Waals surface area contributed by atoms with E-state index < -0.39 is 5.72 Å². The Hall–Kier alpha value is -1.53. The second kappa shape index (κ2) is 4.51. The minimum absolute atomic E-state index is 0.0375. The van der Waals surface area contributed by atoms with Crippen LogP contribution in [-0.2, 0) is 0 Å². The summed E-state index contributed by atoms with van der Waals surface area (Å²) in [5, 5.41) is 20.7. The van der Waals surface area contributed by atoms with Gasteiger partial charge in [0.1, 0.15) is 5.82 Å². The molecular weight excluding hydrogens is 313 g/mol. The molecule has 0 radical (unpaired) electrons. The second-order valence-corrected chi connectivity index (χ2v) is 7.89. The van der Waals surface area contributed by atoms with Crippen LogP contribution in [0.1, 0.15) is 27.2 Å². The smallest absolute Gasteiger partial charge is 0.196 e. The highest BCUT2D eigenvalue weighted by Gasteiger charge is 2.75. The van der Waals surface area contributed by atoms with Crippen LogP contribution in [0.2, 0.25) is 0 Å². The van der Waals surface area contributed by atoms with Gasteiger partial charge in [0.2, 0.25) is 0 Å². The summed E-state index contributed by atoms with van der Waals surface area (Å²) in [7, 11) is 0. The van der Waals surface area contributed by atoms with Gasteiger partial charge in [0.25, 0.3) is 0 Å². The third-order valence-corrected chi connectivity index (χ3v) is 6.15. The van der Waals surface area contributed by atoms with Crippen LogP contribution in [-0.4, -0.2) is 26.7 Å². The van der Waals surface area contributed by atoms with E-state index >= 15 is 0 Å². The largest absolute Gasteiger partial charge is 0.368 e. The Kier molecular flexibility index (Phi) is 2.95. The first kappa shape index (κ1) is 15.0. The van der Waals surface area contributed by atoms with Gasteiger partial charge in [0, 0.05) is 17.8 Å². The highest BCUT2D eigenvalue weighted by Crippen LogP contribution is 2.73. The Bertz CT molecular complexity index is 717. The molecule has 122 valence electrons. The first-order valence-corrected chi connectivity index (χ1v) is 8.30. The number of nitrogens with one attached hydrogen (secondary N) is 1. The number of aliphatic hydroxyl groups is 1. The zero-order valence-corrected chi connectivity index (χ0v) is 14.2. The summed E-state index contributed by atoms with van der Waals surface area (Å²) in [6.45, 7) is 6.48. The van der Waals surface area contributed by atoms with Gasteiger partial charge in [-0.2, -0.15) is 5.10 Å². The highest BCUT2D eigenvalue weighted by atomic mass is 32.1. The first-order chi connectivity index (χ1) is 10.7. The Morgan fingerprint density at radius 1 is 1.39 bits per heavy atom. The van der Waals surface area contributed by atoms with E-state index in [1.165, 1.54) is 12.1 Å². The van der Waals surface area contributed by atoms with Gasteiger partial charge < -0.3 is 10.4 Å². The number of hydrogen-bond donors (Lipinski definition) is 2. The lowest BCUT2D eigenvalue weighted by Crippen LogP contribution is -2.51. The predicted molar refractivity (Wildman–Crippen MR) is 91.4 cm³/mol. The standard InChI is InChI=1S/C17H20FN3OS/c1-9-13-14-12(16(14,2)3)8-17(13,22)21(20-9)15(23)19-11-6-4-10(18)5-7-11/h4-7,12-14,22H,8H2,1-3H3,(H,19,23). The van der Waals surface area contributed by atoms with Crippen molar-refractivity contribution in [3.8, 4) is 0 Å². The van der Waals surface area contributed by atoms with E-state index in [1.807, 2.05) is 6.92 Å². The van der Waals surface area contributed by atoms with Crippen molar-refractivity contribution in [1.82, 2.24) is 5.01 Å². The number of thiocarbonyl (C=S) groups is 1. The van der Waals surface area contributed by atoms with Crippen molar-refractivity contribution in [3.63, 3.8) is 0 Å². The molecule has 1 aromatic rings. The lowest BCUT2D eigenvalue weighted by atomic mass is 9.84. The molecule has 1 aliphatic heterocycles. The lowest BCUT2D eigenvalue weighted by molar-refractivity contribution is -0.0845. The van der Waals surface area contributed by atoms with Gasteiger partial charge in [-0.15, -0.1) is 0 Å². The molecule has 4 nitrogen and oxygen atoms in total. The topological polar surface area (TPSA) is 47.9 Å². The Morgan fingerprint density at radius 3 is 2.70 bits per heavy atom. The summed E-state index contributed by atoms with van der Waals surface area (Å²) >= 11 is 5.44. The summed E-state index contributed by atoms with van der Waals surface area (Å²) in [6, 6.07) is 5.97. The third-order valence-electron chi connectivity index (χ3n) is 5.88. The number of halogens is 1. The van der Waals surface area contributed by atoms with Gasteiger partial charge in [0.15, 0.2) is 10.8 Å². The van der Waals surface area contributed by atoms with Crippen molar-refractivity contribution < 1.29 is 9.50 Å². The van der Waals surface area contributed by atoms with Crippen molar-refractivity contribution >= 4 is 28.7 Å². The average Bonchev–Trinajstić information content (AvgIpc) is 2.79. The first-order valence-electron chi connectivity index (χ1n) is 7.89. The van der Waals surface area contributed by atoms with E-state index in [4.69, 9.17) is 12.2 Å². The van der Waals surface area contributed by atoms with Crippen molar-refractivity contribution in [1.29, 1.82) is 0 Å². The van der Waals surface area contributed by atoms with Crippen LogP contribution >= 0.6 is 12.2 Å². The van der Waals surface area contributed by atoms with Crippen LogP contribution in [0.25, 0.3) is 0 Å². The van der Waals surface area contributed by atoms with Crippen molar-refractivity contribution in [2.45, 2.75) is 32.9 Å². The van der Waals surface area contributed by atoms with E-state index in [9.17, 15) is 9.50 Å². The van der Waals surface area contributed by atoms with Gasteiger partial charge in [-0.3, -0.25) is 0 Å². The van der Waals surface area contributed by atoms with Crippen LogP contribution in [0.3, 0.4) is 0 Å². The molecule has 1 aromatic carbocycles. The molecule has 0 aromatic heterocycles. The van der Waals surface area contributed by atoms with Crippen LogP contribution in [0.4, 0.5) is 10.1 Å². The van der Waals surface area contributed by atoms with Gasteiger partial charge in [-0.05, 0) is 60.7 Å². The lowest BCUT2D eigenvalue weighted by Gasteiger charge is -2.36. The average molecular weight is 333 g/mol. The predicted octanol–water partition coefficient (Wildman–Crippen LogP) is 3.19. The number of hydrogen-bond acceptors (Lipinski definition) is 3.